The molecule has 0 amide bonds. The molecule has 2 aromatic heterocycles. The summed E-state index contributed by atoms with van der Waals surface area (Å²) in [6.45, 7) is 1.75. The second-order valence-corrected chi connectivity index (χ2v) is 4.34. The second kappa shape index (κ2) is 3.94. The molecule has 96 valence electrons. The molecule has 19 heavy (non-hydrogen) atoms. The molecule has 0 unspecified atom stereocenters. The molecule has 0 spiro atoms. The van der Waals surface area contributed by atoms with Crippen LogP contribution in [0.5, 0.6) is 0 Å². The fourth-order valence-corrected chi connectivity index (χ4v) is 2.23. The summed E-state index contributed by atoms with van der Waals surface area (Å²) < 4.78 is 2.60. The van der Waals surface area contributed by atoms with Crippen molar-refractivity contribution in [3.8, 4) is 5.69 Å². The Balaban J connectivity index is 2.49. The zero-order valence-electron chi connectivity index (χ0n) is 10.5. The summed E-state index contributed by atoms with van der Waals surface area (Å²) in [6, 6.07) is 8.81. The van der Waals surface area contributed by atoms with Crippen molar-refractivity contribution >= 4 is 11.0 Å². The minimum atomic E-state index is -0.459. The van der Waals surface area contributed by atoms with E-state index in [1.165, 1.54) is 4.68 Å². The lowest BCUT2D eigenvalue weighted by molar-refractivity contribution is 0.773. The van der Waals surface area contributed by atoms with Crippen molar-refractivity contribution in [2.45, 2.75) is 6.92 Å². The first-order valence-electron chi connectivity index (χ1n) is 5.83. The van der Waals surface area contributed by atoms with Crippen molar-refractivity contribution in [2.75, 3.05) is 0 Å². The van der Waals surface area contributed by atoms with E-state index in [0.29, 0.717) is 22.4 Å². The summed E-state index contributed by atoms with van der Waals surface area (Å²) in [5, 5.41) is 4.16. The Hall–Kier alpha value is -2.63. The molecular formula is C13H12N4O2. The lowest BCUT2D eigenvalue weighted by Crippen LogP contribution is -2.34. The average Bonchev–Trinajstić information content (AvgIpc) is 2.66. The lowest BCUT2D eigenvalue weighted by Gasteiger charge is -2.04. The summed E-state index contributed by atoms with van der Waals surface area (Å²) in [6.07, 6.45) is 0. The molecular weight excluding hydrogens is 244 g/mol. The van der Waals surface area contributed by atoms with Crippen molar-refractivity contribution in [3.63, 3.8) is 0 Å². The van der Waals surface area contributed by atoms with E-state index in [1.807, 2.05) is 6.07 Å². The van der Waals surface area contributed by atoms with Gasteiger partial charge in [-0.2, -0.15) is 5.10 Å². The molecule has 0 saturated heterocycles. The first kappa shape index (κ1) is 11.5. The zero-order chi connectivity index (χ0) is 13.6. The number of hydrogen-bond acceptors (Lipinski definition) is 3. The van der Waals surface area contributed by atoms with Crippen LogP contribution in [-0.2, 0) is 7.05 Å². The number of benzene rings is 1. The van der Waals surface area contributed by atoms with Crippen LogP contribution in [0, 0.1) is 6.92 Å². The van der Waals surface area contributed by atoms with E-state index in [9.17, 15) is 9.59 Å². The van der Waals surface area contributed by atoms with Gasteiger partial charge in [-0.1, -0.05) is 18.2 Å². The summed E-state index contributed by atoms with van der Waals surface area (Å²) in [4.78, 5) is 27.3. The van der Waals surface area contributed by atoms with Gasteiger partial charge < -0.3 is 4.98 Å². The van der Waals surface area contributed by atoms with Gasteiger partial charge in [0.25, 0.3) is 5.56 Å². The number of aromatic nitrogens is 4. The fraction of sp³-hybridized carbons (Fsp3) is 0.154. The smallest absolute Gasteiger partial charge is 0.303 e. The van der Waals surface area contributed by atoms with Crippen molar-refractivity contribution in [3.05, 3.63) is 56.9 Å². The second-order valence-electron chi connectivity index (χ2n) is 4.34. The van der Waals surface area contributed by atoms with E-state index < -0.39 is 5.69 Å². The number of aryl methyl sites for hydroxylation is 2. The third kappa shape index (κ3) is 1.61. The van der Waals surface area contributed by atoms with Crippen LogP contribution in [-0.4, -0.2) is 19.3 Å². The Morgan fingerprint density at radius 3 is 2.53 bits per heavy atom. The minimum Gasteiger partial charge on any atom is -0.303 e. The van der Waals surface area contributed by atoms with Crippen molar-refractivity contribution in [1.29, 1.82) is 0 Å². The van der Waals surface area contributed by atoms with Crippen LogP contribution in [0.15, 0.2) is 39.9 Å². The normalized spacial score (nSPS) is 11.1. The molecule has 1 N–H and O–H groups in total. The number of H-pyrrole nitrogens is 1. The quantitative estimate of drug-likeness (QED) is 0.697. The highest BCUT2D eigenvalue weighted by Crippen LogP contribution is 2.09. The third-order valence-electron chi connectivity index (χ3n) is 3.08. The van der Waals surface area contributed by atoms with Gasteiger partial charge in [-0.25, -0.2) is 9.36 Å². The molecule has 3 aromatic rings. The van der Waals surface area contributed by atoms with Gasteiger partial charge in [0.1, 0.15) is 0 Å². The van der Waals surface area contributed by atoms with Crippen LogP contribution in [0.2, 0.25) is 0 Å². The Labute approximate surface area is 107 Å². The van der Waals surface area contributed by atoms with Gasteiger partial charge in [0, 0.05) is 7.05 Å². The van der Waals surface area contributed by atoms with Gasteiger partial charge in [0.15, 0.2) is 5.52 Å². The lowest BCUT2D eigenvalue weighted by atomic mass is 10.3. The number of fused-ring (bicyclic) bond motifs is 1. The minimum absolute atomic E-state index is 0.368. The standard InChI is InChI=1S/C13H12N4O2/c1-8-10-11(16(2)15-8)12(18)17(13(19)14-10)9-6-4-3-5-7-9/h3-7H,1-2H3,(H,14,19). The van der Waals surface area contributed by atoms with E-state index in [1.54, 1.807) is 38.2 Å². The molecule has 0 fully saturated rings. The maximum Gasteiger partial charge on any atom is 0.333 e. The van der Waals surface area contributed by atoms with Crippen LogP contribution in [0.4, 0.5) is 0 Å². The maximum atomic E-state index is 12.5. The number of nitrogens with one attached hydrogen (secondary N) is 1. The van der Waals surface area contributed by atoms with Gasteiger partial charge in [0.2, 0.25) is 0 Å². The van der Waals surface area contributed by atoms with Gasteiger partial charge in [-0.15, -0.1) is 0 Å². The van der Waals surface area contributed by atoms with E-state index in [0.717, 1.165) is 4.57 Å². The zero-order valence-corrected chi connectivity index (χ0v) is 10.5. The van der Waals surface area contributed by atoms with Crippen LogP contribution in [0.3, 0.4) is 0 Å². The molecule has 1 aromatic carbocycles. The molecule has 0 radical (unpaired) electrons. The first-order valence-corrected chi connectivity index (χ1v) is 5.83. The Morgan fingerprint density at radius 2 is 1.84 bits per heavy atom. The average molecular weight is 256 g/mol. The molecule has 6 nitrogen and oxygen atoms in total. The van der Waals surface area contributed by atoms with E-state index in [2.05, 4.69) is 10.1 Å². The van der Waals surface area contributed by atoms with E-state index in [-0.39, 0.29) is 5.56 Å². The fourth-order valence-electron chi connectivity index (χ4n) is 2.23. The maximum absolute atomic E-state index is 12.5. The largest absolute Gasteiger partial charge is 0.333 e. The molecule has 0 bridgehead atoms. The number of rotatable bonds is 1. The van der Waals surface area contributed by atoms with Gasteiger partial charge in [-0.3, -0.25) is 9.48 Å². The summed E-state index contributed by atoms with van der Waals surface area (Å²) >= 11 is 0. The highest BCUT2D eigenvalue weighted by Gasteiger charge is 2.14. The summed E-state index contributed by atoms with van der Waals surface area (Å²) in [5.74, 6) is 0. The Kier molecular flexibility index (Phi) is 2.38. The summed E-state index contributed by atoms with van der Waals surface area (Å²) in [7, 11) is 1.68. The van der Waals surface area contributed by atoms with E-state index in [4.69, 9.17) is 0 Å². The Morgan fingerprint density at radius 1 is 1.16 bits per heavy atom. The monoisotopic (exact) mass is 256 g/mol. The van der Waals surface area contributed by atoms with Gasteiger partial charge >= 0.3 is 5.69 Å². The molecule has 0 saturated carbocycles. The molecule has 6 heteroatoms. The van der Waals surface area contributed by atoms with Crippen LogP contribution in [0.25, 0.3) is 16.7 Å². The number of aromatic amines is 1. The van der Waals surface area contributed by atoms with Crippen LogP contribution >= 0.6 is 0 Å². The molecule has 0 aliphatic carbocycles. The topological polar surface area (TPSA) is 72.7 Å². The molecule has 0 aliphatic rings. The molecule has 0 atom stereocenters. The number of para-hydroxylation sites is 1. The van der Waals surface area contributed by atoms with Crippen molar-refractivity contribution in [1.82, 2.24) is 19.3 Å². The first-order chi connectivity index (χ1) is 9.09. The van der Waals surface area contributed by atoms with Crippen LogP contribution < -0.4 is 11.2 Å². The molecule has 0 aliphatic heterocycles. The molecule has 2 heterocycles. The predicted octanol–water partition coefficient (Wildman–Crippen LogP) is 0.721. The molecule has 3 rings (SSSR count). The van der Waals surface area contributed by atoms with E-state index >= 15 is 0 Å². The summed E-state index contributed by atoms with van der Waals surface area (Å²) in [5.41, 5.74) is 1.22. The predicted molar refractivity (Wildman–Crippen MR) is 71.7 cm³/mol. The number of hydrogen-bond donors (Lipinski definition) is 1. The highest BCUT2D eigenvalue weighted by atomic mass is 16.2. The van der Waals surface area contributed by atoms with Gasteiger partial charge in [-0.05, 0) is 19.1 Å². The Bertz CT molecular complexity index is 871. The highest BCUT2D eigenvalue weighted by molar-refractivity contribution is 5.76. The third-order valence-corrected chi connectivity index (χ3v) is 3.08. The van der Waals surface area contributed by atoms with Crippen molar-refractivity contribution < 1.29 is 0 Å². The van der Waals surface area contributed by atoms with Crippen LogP contribution in [0.1, 0.15) is 5.69 Å². The SMILES string of the molecule is Cc1nn(C)c2c(=O)n(-c3ccccc3)c(=O)[nH]c12. The van der Waals surface area contributed by atoms with Gasteiger partial charge in [0.05, 0.1) is 16.9 Å². The number of nitrogens with zero attached hydrogens (tertiary/aromatic N) is 3. The van der Waals surface area contributed by atoms with Crippen molar-refractivity contribution in [2.24, 2.45) is 7.05 Å².